The van der Waals surface area contributed by atoms with Crippen LogP contribution in [0.1, 0.15) is 44.9 Å². The molecule has 0 radical (unpaired) electrons. The molecule has 1 saturated carbocycles. The predicted octanol–water partition coefficient (Wildman–Crippen LogP) is 4.14. The van der Waals surface area contributed by atoms with Crippen LogP contribution in [-0.2, 0) is 4.74 Å². The first-order valence-corrected chi connectivity index (χ1v) is 6.40. The molecule has 16 heavy (non-hydrogen) atoms. The molecule has 0 N–H and O–H groups in total. The van der Waals surface area contributed by atoms with Crippen molar-refractivity contribution < 1.29 is 13.5 Å². The van der Waals surface area contributed by atoms with Crippen molar-refractivity contribution >= 4 is 0 Å². The fourth-order valence-electron chi connectivity index (χ4n) is 3.00. The van der Waals surface area contributed by atoms with Crippen molar-refractivity contribution in [2.75, 3.05) is 6.61 Å². The molecule has 0 aromatic carbocycles. The van der Waals surface area contributed by atoms with Crippen LogP contribution in [0.5, 0.6) is 0 Å². The Morgan fingerprint density at radius 3 is 2.31 bits per heavy atom. The van der Waals surface area contributed by atoms with E-state index in [0.717, 1.165) is 38.4 Å². The number of halogens is 2. The number of hydrogen-bond donors (Lipinski definition) is 0. The van der Waals surface area contributed by atoms with Crippen molar-refractivity contribution in [1.82, 2.24) is 0 Å². The van der Waals surface area contributed by atoms with E-state index in [1.54, 1.807) is 0 Å². The second-order valence-electron chi connectivity index (χ2n) is 5.04. The normalized spacial score (nSPS) is 35.8. The molecule has 0 aromatic rings. The van der Waals surface area contributed by atoms with Gasteiger partial charge < -0.3 is 4.74 Å². The standard InChI is InChI=1S/C13H20F2O/c14-13(15)9-10-4-6-11(7-5-10)12-3-1-2-8-16-12/h9-12H,1-8H2. The van der Waals surface area contributed by atoms with Gasteiger partial charge in [-0.2, -0.15) is 8.78 Å². The van der Waals surface area contributed by atoms with E-state index in [9.17, 15) is 8.78 Å². The topological polar surface area (TPSA) is 9.23 Å². The van der Waals surface area contributed by atoms with Crippen molar-refractivity contribution in [3.8, 4) is 0 Å². The highest BCUT2D eigenvalue weighted by molar-refractivity contribution is 4.92. The maximum Gasteiger partial charge on any atom is 0.266 e. The van der Waals surface area contributed by atoms with Gasteiger partial charge in [-0.3, -0.25) is 0 Å². The third-order valence-corrected chi connectivity index (χ3v) is 3.92. The fraction of sp³-hybridized carbons (Fsp3) is 0.846. The van der Waals surface area contributed by atoms with Crippen molar-refractivity contribution in [1.29, 1.82) is 0 Å². The van der Waals surface area contributed by atoms with Gasteiger partial charge in [0.15, 0.2) is 0 Å². The molecular weight excluding hydrogens is 210 g/mol. The highest BCUT2D eigenvalue weighted by Gasteiger charge is 2.28. The van der Waals surface area contributed by atoms with Gasteiger partial charge in [-0.05, 0) is 62.9 Å². The Kier molecular flexibility index (Phi) is 4.33. The Balaban J connectivity index is 1.78. The molecule has 0 aromatic heterocycles. The van der Waals surface area contributed by atoms with Crippen molar-refractivity contribution in [2.24, 2.45) is 11.8 Å². The second kappa shape index (κ2) is 5.76. The maximum absolute atomic E-state index is 12.1. The SMILES string of the molecule is FC(F)=CC1CCC(C2CCCCO2)CC1. The lowest BCUT2D eigenvalue weighted by Gasteiger charge is -2.34. The number of hydrogen-bond acceptors (Lipinski definition) is 1. The summed E-state index contributed by atoms with van der Waals surface area (Å²) in [6.45, 7) is 0.892. The summed E-state index contributed by atoms with van der Waals surface area (Å²) >= 11 is 0. The van der Waals surface area contributed by atoms with Gasteiger partial charge >= 0.3 is 0 Å². The van der Waals surface area contributed by atoms with E-state index < -0.39 is 6.08 Å². The highest BCUT2D eigenvalue weighted by atomic mass is 19.3. The van der Waals surface area contributed by atoms with Gasteiger partial charge in [0.05, 0.1) is 6.10 Å². The molecule has 0 amide bonds. The molecule has 1 unspecified atom stereocenters. The lowest BCUT2D eigenvalue weighted by molar-refractivity contribution is -0.0327. The van der Waals surface area contributed by atoms with Gasteiger partial charge in [-0.25, -0.2) is 0 Å². The van der Waals surface area contributed by atoms with Gasteiger partial charge in [0, 0.05) is 6.61 Å². The summed E-state index contributed by atoms with van der Waals surface area (Å²) in [6, 6.07) is 0. The van der Waals surface area contributed by atoms with E-state index in [1.165, 1.54) is 19.3 Å². The molecule has 1 aliphatic heterocycles. The summed E-state index contributed by atoms with van der Waals surface area (Å²) in [7, 11) is 0. The molecule has 2 rings (SSSR count). The molecule has 3 heteroatoms. The van der Waals surface area contributed by atoms with E-state index >= 15 is 0 Å². The van der Waals surface area contributed by atoms with Gasteiger partial charge in [0.25, 0.3) is 6.08 Å². The molecule has 0 spiro atoms. The van der Waals surface area contributed by atoms with Crippen LogP contribution in [0.15, 0.2) is 12.2 Å². The lowest BCUT2D eigenvalue weighted by Crippen LogP contribution is -2.30. The number of ether oxygens (including phenoxy) is 1. The minimum Gasteiger partial charge on any atom is -0.378 e. The van der Waals surface area contributed by atoms with Crippen molar-refractivity contribution in [3.05, 3.63) is 12.2 Å². The van der Waals surface area contributed by atoms with Crippen LogP contribution in [0.2, 0.25) is 0 Å². The third-order valence-electron chi connectivity index (χ3n) is 3.92. The Bertz CT molecular complexity index is 234. The predicted molar refractivity (Wildman–Crippen MR) is 59.3 cm³/mol. The molecule has 1 aliphatic carbocycles. The number of allylic oxidation sites excluding steroid dienone is 1. The summed E-state index contributed by atoms with van der Waals surface area (Å²) in [6.07, 6.45) is 7.57. The Labute approximate surface area is 95.9 Å². The first-order chi connectivity index (χ1) is 7.75. The maximum atomic E-state index is 12.1. The second-order valence-corrected chi connectivity index (χ2v) is 5.04. The molecule has 2 fully saturated rings. The minimum atomic E-state index is -1.52. The van der Waals surface area contributed by atoms with Crippen molar-refractivity contribution in [2.45, 2.75) is 51.0 Å². The average Bonchev–Trinajstić information content (AvgIpc) is 2.30. The number of rotatable bonds is 2. The quantitative estimate of drug-likeness (QED) is 0.692. The molecule has 1 saturated heterocycles. The minimum absolute atomic E-state index is 0.102. The zero-order valence-corrected chi connectivity index (χ0v) is 9.63. The summed E-state index contributed by atoms with van der Waals surface area (Å²) in [5.74, 6) is 0.720. The Hall–Kier alpha value is -0.440. The van der Waals surface area contributed by atoms with Crippen LogP contribution in [0.25, 0.3) is 0 Å². The van der Waals surface area contributed by atoms with Gasteiger partial charge in [0.1, 0.15) is 0 Å². The third kappa shape index (κ3) is 3.27. The zero-order valence-electron chi connectivity index (χ0n) is 9.63. The highest BCUT2D eigenvalue weighted by Crippen LogP contribution is 2.35. The van der Waals surface area contributed by atoms with Crippen LogP contribution >= 0.6 is 0 Å². The lowest BCUT2D eigenvalue weighted by atomic mass is 9.78. The first-order valence-electron chi connectivity index (χ1n) is 6.40. The summed E-state index contributed by atoms with van der Waals surface area (Å²) < 4.78 is 30.0. The van der Waals surface area contributed by atoms with Crippen molar-refractivity contribution in [3.63, 3.8) is 0 Å². The smallest absolute Gasteiger partial charge is 0.266 e. The summed E-state index contributed by atoms with van der Waals surface area (Å²) in [5.41, 5.74) is 0. The first kappa shape index (κ1) is 12.0. The van der Waals surface area contributed by atoms with E-state index in [0.29, 0.717) is 12.0 Å². The van der Waals surface area contributed by atoms with E-state index in [1.807, 2.05) is 0 Å². The zero-order chi connectivity index (χ0) is 11.4. The molecular formula is C13H20F2O. The van der Waals surface area contributed by atoms with E-state index in [2.05, 4.69) is 0 Å². The Morgan fingerprint density at radius 2 is 1.75 bits per heavy atom. The summed E-state index contributed by atoms with van der Waals surface area (Å²) in [4.78, 5) is 0. The molecule has 2 aliphatic rings. The molecule has 0 bridgehead atoms. The van der Waals surface area contributed by atoms with Crippen LogP contribution in [0.4, 0.5) is 8.78 Å². The largest absolute Gasteiger partial charge is 0.378 e. The fourth-order valence-corrected chi connectivity index (χ4v) is 3.00. The Morgan fingerprint density at radius 1 is 1.00 bits per heavy atom. The molecule has 1 nitrogen and oxygen atoms in total. The van der Waals surface area contributed by atoms with Gasteiger partial charge in [0.2, 0.25) is 0 Å². The molecule has 92 valence electrons. The van der Waals surface area contributed by atoms with E-state index in [4.69, 9.17) is 4.74 Å². The van der Waals surface area contributed by atoms with Gasteiger partial charge in [-0.1, -0.05) is 0 Å². The summed E-state index contributed by atoms with van der Waals surface area (Å²) in [5, 5.41) is 0. The van der Waals surface area contributed by atoms with Crippen LogP contribution in [0.3, 0.4) is 0 Å². The van der Waals surface area contributed by atoms with Crippen LogP contribution in [-0.4, -0.2) is 12.7 Å². The monoisotopic (exact) mass is 230 g/mol. The molecule has 1 heterocycles. The van der Waals surface area contributed by atoms with E-state index in [-0.39, 0.29) is 5.92 Å². The average molecular weight is 230 g/mol. The van der Waals surface area contributed by atoms with Crippen LogP contribution < -0.4 is 0 Å². The van der Waals surface area contributed by atoms with Gasteiger partial charge in [-0.15, -0.1) is 0 Å². The van der Waals surface area contributed by atoms with Crippen LogP contribution in [0, 0.1) is 11.8 Å². The molecule has 1 atom stereocenters.